The third kappa shape index (κ3) is 4.85. The zero-order chi connectivity index (χ0) is 24.4. The van der Waals surface area contributed by atoms with Crippen LogP contribution in [0, 0.1) is 12.8 Å². The molecule has 0 aliphatic carbocycles. The van der Waals surface area contributed by atoms with Crippen molar-refractivity contribution in [1.82, 2.24) is 20.0 Å². The summed E-state index contributed by atoms with van der Waals surface area (Å²) in [5.74, 6) is 1.05. The van der Waals surface area contributed by atoms with E-state index in [0.29, 0.717) is 50.8 Å². The molecule has 3 aliphatic rings. The summed E-state index contributed by atoms with van der Waals surface area (Å²) >= 11 is 0. The van der Waals surface area contributed by atoms with Gasteiger partial charge in [-0.3, -0.25) is 24.3 Å². The first-order valence-corrected chi connectivity index (χ1v) is 12.4. The molecule has 5 rings (SSSR count). The summed E-state index contributed by atoms with van der Waals surface area (Å²) in [4.78, 5) is 49.1. The molecule has 0 aromatic carbocycles. The number of nitrogens with zero attached hydrogens (tertiary/aromatic N) is 6. The molecule has 10 nitrogen and oxygen atoms in total. The van der Waals surface area contributed by atoms with Gasteiger partial charge in [0, 0.05) is 57.2 Å². The van der Waals surface area contributed by atoms with Gasteiger partial charge in [0.05, 0.1) is 12.6 Å². The molecule has 2 amide bonds. The monoisotopic (exact) mass is 480 g/mol. The number of rotatable bonds is 5. The van der Waals surface area contributed by atoms with Crippen molar-refractivity contribution in [1.29, 1.82) is 0 Å². The molecule has 0 N–H and O–H groups in total. The van der Waals surface area contributed by atoms with Gasteiger partial charge in [-0.2, -0.15) is 4.98 Å². The first-order valence-electron chi connectivity index (χ1n) is 12.4. The maximum atomic E-state index is 13.3. The number of hydrogen-bond donors (Lipinski definition) is 0. The van der Waals surface area contributed by atoms with Gasteiger partial charge in [-0.15, -0.1) is 0 Å². The van der Waals surface area contributed by atoms with E-state index < -0.39 is 6.10 Å². The van der Waals surface area contributed by atoms with Crippen LogP contribution in [0.5, 0.6) is 0 Å². The summed E-state index contributed by atoms with van der Waals surface area (Å²) in [6.45, 7) is 4.44. The minimum absolute atomic E-state index is 0.0342. The maximum Gasteiger partial charge on any atom is 0.257 e. The predicted molar refractivity (Wildman–Crippen MR) is 128 cm³/mol. The van der Waals surface area contributed by atoms with Gasteiger partial charge in [-0.1, -0.05) is 6.07 Å². The molecule has 2 aromatic rings. The zero-order valence-corrected chi connectivity index (χ0v) is 20.3. The molecule has 186 valence electrons. The number of methoxy groups -OCH3 is 1. The van der Waals surface area contributed by atoms with Crippen LogP contribution >= 0.6 is 0 Å². The summed E-state index contributed by atoms with van der Waals surface area (Å²) in [5, 5.41) is 1.57. The third-order valence-electron chi connectivity index (χ3n) is 7.15. The molecular weight excluding hydrogens is 448 g/mol. The van der Waals surface area contributed by atoms with Gasteiger partial charge in [0.15, 0.2) is 0 Å². The number of aromatic nitrogens is 3. The Morgan fingerprint density at radius 1 is 1.09 bits per heavy atom. The molecule has 35 heavy (non-hydrogen) atoms. The van der Waals surface area contributed by atoms with Crippen LogP contribution in [0.4, 0.5) is 11.8 Å². The molecule has 5 heterocycles. The minimum Gasteiger partial charge on any atom is -0.372 e. The summed E-state index contributed by atoms with van der Waals surface area (Å²) < 4.78 is 5.32. The fraction of sp³-hybridized carbons (Fsp3) is 0.560. The Kier molecular flexibility index (Phi) is 6.92. The highest BCUT2D eigenvalue weighted by molar-refractivity contribution is 5.96. The van der Waals surface area contributed by atoms with E-state index in [-0.39, 0.29) is 23.8 Å². The standard InChI is InChI=1S/C25H32N6O4/c1-17-5-6-19(16-27-17)20-10-15-35-31(20)23(32)18-8-13-29(14-9-18)25-26-11-7-22(28-25)30-12-3-4-21(34-2)24(30)33/h5-7,11,16,18,20-21H,3-4,8-10,12-15H2,1-2H3/t20-,21-/m0/s1. The first-order chi connectivity index (χ1) is 17.0. The lowest BCUT2D eigenvalue weighted by atomic mass is 9.95. The lowest BCUT2D eigenvalue weighted by Gasteiger charge is -2.35. The Balaban J connectivity index is 1.22. The van der Waals surface area contributed by atoms with Crippen LogP contribution in [0.3, 0.4) is 0 Å². The fourth-order valence-corrected chi connectivity index (χ4v) is 5.10. The van der Waals surface area contributed by atoms with E-state index in [1.807, 2.05) is 25.3 Å². The number of hydroxylamine groups is 2. The molecule has 0 unspecified atom stereocenters. The Bertz CT molecular complexity index is 1060. The molecule has 0 saturated carbocycles. The van der Waals surface area contributed by atoms with E-state index in [0.717, 1.165) is 30.5 Å². The van der Waals surface area contributed by atoms with E-state index in [2.05, 4.69) is 19.9 Å². The van der Waals surface area contributed by atoms with E-state index in [4.69, 9.17) is 9.57 Å². The van der Waals surface area contributed by atoms with Gasteiger partial charge < -0.3 is 9.64 Å². The van der Waals surface area contributed by atoms with E-state index in [9.17, 15) is 9.59 Å². The van der Waals surface area contributed by atoms with Gasteiger partial charge in [0.25, 0.3) is 5.91 Å². The number of pyridine rings is 1. The molecule has 2 aromatic heterocycles. The summed E-state index contributed by atoms with van der Waals surface area (Å²) in [5.41, 5.74) is 1.96. The lowest BCUT2D eigenvalue weighted by Crippen LogP contribution is -2.46. The van der Waals surface area contributed by atoms with Crippen LogP contribution in [0.15, 0.2) is 30.6 Å². The van der Waals surface area contributed by atoms with E-state index >= 15 is 0 Å². The highest BCUT2D eigenvalue weighted by atomic mass is 16.7. The van der Waals surface area contributed by atoms with Crippen molar-refractivity contribution in [3.8, 4) is 0 Å². The van der Waals surface area contributed by atoms with Crippen molar-refractivity contribution < 1.29 is 19.2 Å². The number of aryl methyl sites for hydroxylation is 1. The van der Waals surface area contributed by atoms with Crippen molar-refractivity contribution in [2.24, 2.45) is 5.92 Å². The van der Waals surface area contributed by atoms with Crippen LogP contribution in [0.2, 0.25) is 0 Å². The molecule has 3 aliphatic heterocycles. The summed E-state index contributed by atoms with van der Waals surface area (Å²) in [6.07, 6.45) is 6.87. The molecule has 2 atom stereocenters. The topological polar surface area (TPSA) is 101 Å². The molecule has 0 bridgehead atoms. The largest absolute Gasteiger partial charge is 0.372 e. The fourth-order valence-electron chi connectivity index (χ4n) is 5.10. The summed E-state index contributed by atoms with van der Waals surface area (Å²) in [6, 6.07) is 5.67. The second-order valence-corrected chi connectivity index (χ2v) is 9.37. The van der Waals surface area contributed by atoms with Crippen molar-refractivity contribution in [2.75, 3.05) is 43.2 Å². The van der Waals surface area contributed by atoms with Crippen LogP contribution < -0.4 is 9.80 Å². The smallest absolute Gasteiger partial charge is 0.257 e. The summed E-state index contributed by atoms with van der Waals surface area (Å²) in [7, 11) is 1.57. The van der Waals surface area contributed by atoms with E-state index in [1.54, 1.807) is 29.3 Å². The molecule has 0 radical (unpaired) electrons. The zero-order valence-electron chi connectivity index (χ0n) is 20.3. The van der Waals surface area contributed by atoms with Crippen molar-refractivity contribution in [3.63, 3.8) is 0 Å². The number of ether oxygens (including phenoxy) is 1. The van der Waals surface area contributed by atoms with Gasteiger partial charge >= 0.3 is 0 Å². The van der Waals surface area contributed by atoms with Crippen LogP contribution in [0.1, 0.15) is 49.4 Å². The van der Waals surface area contributed by atoms with Gasteiger partial charge in [0.2, 0.25) is 11.9 Å². The first kappa shape index (κ1) is 23.6. The average molecular weight is 481 g/mol. The van der Waals surface area contributed by atoms with Gasteiger partial charge in [-0.05, 0) is 50.3 Å². The Hall–Kier alpha value is -3.11. The molecule has 3 saturated heterocycles. The number of hydrogen-bond acceptors (Lipinski definition) is 8. The van der Waals surface area contributed by atoms with Crippen molar-refractivity contribution in [2.45, 2.75) is 51.2 Å². The Morgan fingerprint density at radius 3 is 2.66 bits per heavy atom. The second kappa shape index (κ2) is 10.2. The molecule has 10 heteroatoms. The molecule has 0 spiro atoms. The SMILES string of the molecule is CO[C@H]1CCCN(c2ccnc(N3CCC(C(=O)N4OCC[C@H]4c4ccc(C)nc4)CC3)n2)C1=O. The minimum atomic E-state index is -0.420. The number of amides is 2. The highest BCUT2D eigenvalue weighted by Gasteiger charge is 2.37. The van der Waals surface area contributed by atoms with E-state index in [1.165, 1.54) is 0 Å². The van der Waals surface area contributed by atoms with Crippen LogP contribution in [-0.4, -0.2) is 71.3 Å². The Morgan fingerprint density at radius 2 is 1.91 bits per heavy atom. The quantitative estimate of drug-likeness (QED) is 0.643. The highest BCUT2D eigenvalue weighted by Crippen LogP contribution is 2.33. The average Bonchev–Trinajstić information content (AvgIpc) is 3.39. The van der Waals surface area contributed by atoms with Crippen molar-refractivity contribution >= 4 is 23.6 Å². The maximum absolute atomic E-state index is 13.3. The third-order valence-corrected chi connectivity index (χ3v) is 7.15. The number of piperidine rings is 2. The molecular formula is C25H32N6O4. The number of carbonyl (C=O) groups is 2. The number of carbonyl (C=O) groups excluding carboxylic acids is 2. The predicted octanol–water partition coefficient (Wildman–Crippen LogP) is 2.44. The second-order valence-electron chi connectivity index (χ2n) is 9.37. The number of anilines is 2. The van der Waals surface area contributed by atoms with Crippen LogP contribution in [-0.2, 0) is 19.2 Å². The normalized spacial score (nSPS) is 23.7. The Labute approximate surface area is 205 Å². The lowest BCUT2D eigenvalue weighted by molar-refractivity contribution is -0.182. The van der Waals surface area contributed by atoms with Gasteiger partial charge in [0.1, 0.15) is 11.9 Å². The van der Waals surface area contributed by atoms with Crippen LogP contribution in [0.25, 0.3) is 0 Å². The van der Waals surface area contributed by atoms with Crippen molar-refractivity contribution in [3.05, 3.63) is 41.9 Å². The van der Waals surface area contributed by atoms with Gasteiger partial charge in [-0.25, -0.2) is 10.0 Å². The molecule has 3 fully saturated rings.